The minimum atomic E-state index is -3.19. The topological polar surface area (TPSA) is 88.4 Å². The van der Waals surface area contributed by atoms with Crippen molar-refractivity contribution in [3.05, 3.63) is 119 Å². The highest BCUT2D eigenvalue weighted by Crippen LogP contribution is 2.56. The number of rotatable bonds is 7. The number of carbonyl (C=O) groups excluding carboxylic acids is 1. The zero-order valence-corrected chi connectivity index (χ0v) is 19.9. The lowest BCUT2D eigenvalue weighted by molar-refractivity contribution is -0.137. The van der Waals surface area contributed by atoms with Gasteiger partial charge in [0.05, 0.1) is 6.61 Å². The maximum absolute atomic E-state index is 14.0. The first-order valence-corrected chi connectivity index (χ1v) is 12.9. The summed E-state index contributed by atoms with van der Waals surface area (Å²) in [7, 11) is -3.19. The number of hydrogen-bond acceptors (Lipinski definition) is 5. The molecule has 1 N–H and O–H groups in total. The van der Waals surface area contributed by atoms with Crippen LogP contribution in [0.25, 0.3) is 17.6 Å². The molecule has 0 amide bonds. The van der Waals surface area contributed by atoms with Crippen LogP contribution in [0.5, 0.6) is 0 Å². The van der Waals surface area contributed by atoms with Crippen LogP contribution in [-0.4, -0.2) is 12.6 Å². The van der Waals surface area contributed by atoms with E-state index in [1.165, 1.54) is 6.08 Å². The van der Waals surface area contributed by atoms with Gasteiger partial charge in [0.15, 0.2) is 0 Å². The molecule has 0 spiro atoms. The Bertz CT molecular complexity index is 1330. The van der Waals surface area contributed by atoms with Crippen molar-refractivity contribution in [1.29, 1.82) is 5.26 Å². The molecule has 174 valence electrons. The molecule has 0 radical (unpaired) electrons. The normalized spacial score (nSPS) is 14.6. The van der Waals surface area contributed by atoms with E-state index in [1.807, 2.05) is 66.7 Å². The highest BCUT2D eigenvalue weighted by molar-refractivity contribution is 7.72. The van der Waals surface area contributed by atoms with Crippen molar-refractivity contribution in [2.24, 2.45) is 0 Å². The Morgan fingerprint density at radius 1 is 0.943 bits per heavy atom. The van der Waals surface area contributed by atoms with Crippen molar-refractivity contribution in [3.63, 3.8) is 0 Å². The predicted octanol–water partition coefficient (Wildman–Crippen LogP) is 6.87. The van der Waals surface area contributed by atoms with Gasteiger partial charge in [0.25, 0.3) is 0 Å². The molecule has 0 aliphatic carbocycles. The summed E-state index contributed by atoms with van der Waals surface area (Å²) in [5.74, 6) is 3.60. The lowest BCUT2D eigenvalue weighted by Gasteiger charge is -2.24. The van der Waals surface area contributed by atoms with Crippen LogP contribution in [0.1, 0.15) is 23.6 Å². The Labute approximate surface area is 204 Å². The molecule has 1 aliphatic rings. The molecule has 0 bridgehead atoms. The van der Waals surface area contributed by atoms with E-state index >= 15 is 0 Å². The van der Waals surface area contributed by atoms with E-state index in [1.54, 1.807) is 42.8 Å². The van der Waals surface area contributed by atoms with Gasteiger partial charge in [-0.1, -0.05) is 72.8 Å². The second-order valence-electron chi connectivity index (χ2n) is 7.65. The molecule has 1 aliphatic heterocycles. The minimum Gasteiger partial charge on any atom is -0.462 e. The zero-order chi connectivity index (χ0) is 24.7. The molecule has 0 fully saturated rings. The molecule has 7 heteroatoms. The second-order valence-corrected chi connectivity index (χ2v) is 9.81. The van der Waals surface area contributed by atoms with E-state index in [0.29, 0.717) is 22.8 Å². The Kier molecular flexibility index (Phi) is 7.30. The fraction of sp³-hybridized carbons (Fsp3) is 0.0714. The number of anilines is 1. The lowest BCUT2D eigenvalue weighted by atomic mass is 10.1. The number of benzene rings is 3. The van der Waals surface area contributed by atoms with E-state index in [-0.39, 0.29) is 12.2 Å². The van der Waals surface area contributed by atoms with Gasteiger partial charge < -0.3 is 14.6 Å². The van der Waals surface area contributed by atoms with Crippen molar-refractivity contribution in [2.45, 2.75) is 6.92 Å². The Hall–Kier alpha value is -4.33. The van der Waals surface area contributed by atoms with E-state index in [2.05, 4.69) is 5.09 Å². The van der Waals surface area contributed by atoms with Gasteiger partial charge in [-0.3, -0.25) is 4.57 Å². The summed E-state index contributed by atoms with van der Waals surface area (Å²) < 4.78 is 25.0. The Balaban J connectivity index is 1.64. The van der Waals surface area contributed by atoms with Crippen molar-refractivity contribution in [1.82, 2.24) is 0 Å². The molecule has 35 heavy (non-hydrogen) atoms. The van der Waals surface area contributed by atoms with Crippen molar-refractivity contribution in [2.75, 3.05) is 11.7 Å². The van der Waals surface area contributed by atoms with Crippen LogP contribution >= 0.6 is 7.29 Å². The molecular weight excluding hydrogens is 459 g/mol. The fourth-order valence-electron chi connectivity index (χ4n) is 3.46. The average molecular weight is 482 g/mol. The summed E-state index contributed by atoms with van der Waals surface area (Å²) in [5, 5.41) is 12.4. The van der Waals surface area contributed by atoms with Crippen LogP contribution in [0.3, 0.4) is 0 Å². The standard InChI is InChI=1S/C28H23N2O4P/c1-2-33-28(31)24(18-29)17-21-13-15-25(16-14-21)30-35(32)19-26(22-9-5-3-6-10-22)34-27(20-35)23-11-7-4-8-12-23/h3-17,19-20H,2H2,1H3,(H,30,32)/b24-17-. The highest BCUT2D eigenvalue weighted by Gasteiger charge is 2.27. The first-order valence-electron chi connectivity index (χ1n) is 11.0. The van der Waals surface area contributed by atoms with Gasteiger partial charge in [0.2, 0.25) is 7.29 Å². The van der Waals surface area contributed by atoms with Gasteiger partial charge in [0.1, 0.15) is 23.2 Å². The molecule has 6 nitrogen and oxygen atoms in total. The largest absolute Gasteiger partial charge is 0.462 e. The summed E-state index contributed by atoms with van der Waals surface area (Å²) in [6.07, 6.45) is 1.46. The van der Waals surface area contributed by atoms with Gasteiger partial charge in [-0.15, -0.1) is 0 Å². The molecule has 0 saturated heterocycles. The summed E-state index contributed by atoms with van der Waals surface area (Å²) in [5.41, 5.74) is 2.82. The van der Waals surface area contributed by atoms with Crippen molar-refractivity contribution >= 4 is 36.5 Å². The summed E-state index contributed by atoms with van der Waals surface area (Å²) in [6, 6.07) is 27.8. The molecule has 3 aromatic rings. The van der Waals surface area contributed by atoms with Crippen LogP contribution < -0.4 is 5.09 Å². The van der Waals surface area contributed by atoms with Crippen LogP contribution in [0.15, 0.2) is 102 Å². The Morgan fingerprint density at radius 2 is 1.49 bits per heavy atom. The van der Waals surface area contributed by atoms with Crippen molar-refractivity contribution < 1.29 is 18.8 Å². The number of carbonyl (C=O) groups is 1. The number of ether oxygens (including phenoxy) is 2. The van der Waals surface area contributed by atoms with Crippen LogP contribution in [0, 0.1) is 11.3 Å². The van der Waals surface area contributed by atoms with E-state index in [0.717, 1.165) is 11.1 Å². The van der Waals surface area contributed by atoms with Crippen molar-refractivity contribution in [3.8, 4) is 6.07 Å². The molecule has 4 rings (SSSR count). The molecule has 3 aromatic carbocycles. The molecule has 1 heterocycles. The van der Waals surface area contributed by atoms with Crippen LogP contribution in [0.4, 0.5) is 5.69 Å². The monoisotopic (exact) mass is 482 g/mol. The van der Waals surface area contributed by atoms with Gasteiger partial charge >= 0.3 is 5.97 Å². The first-order chi connectivity index (χ1) is 17.0. The highest BCUT2D eigenvalue weighted by atomic mass is 31.2. The predicted molar refractivity (Wildman–Crippen MR) is 138 cm³/mol. The quantitative estimate of drug-likeness (QED) is 0.171. The maximum Gasteiger partial charge on any atom is 0.348 e. The smallest absolute Gasteiger partial charge is 0.348 e. The van der Waals surface area contributed by atoms with Crippen LogP contribution in [-0.2, 0) is 18.8 Å². The molecule has 0 unspecified atom stereocenters. The first kappa shape index (κ1) is 23.8. The third kappa shape index (κ3) is 5.97. The second kappa shape index (κ2) is 10.7. The number of nitrogens with zero attached hydrogens (tertiary/aromatic N) is 1. The number of nitrogens with one attached hydrogen (secondary N) is 1. The molecule has 0 aromatic heterocycles. The number of esters is 1. The average Bonchev–Trinajstić information content (AvgIpc) is 2.89. The summed E-state index contributed by atoms with van der Waals surface area (Å²) >= 11 is 0. The van der Waals surface area contributed by atoms with Gasteiger partial charge in [-0.25, -0.2) is 4.79 Å². The number of hydrogen-bond donors (Lipinski definition) is 1. The van der Waals surface area contributed by atoms with Gasteiger partial charge in [-0.05, 0) is 30.7 Å². The Morgan fingerprint density at radius 3 is 1.97 bits per heavy atom. The third-order valence-electron chi connectivity index (χ3n) is 5.10. The lowest BCUT2D eigenvalue weighted by Crippen LogP contribution is -2.06. The van der Waals surface area contributed by atoms with E-state index < -0.39 is 13.3 Å². The zero-order valence-electron chi connectivity index (χ0n) is 19.0. The van der Waals surface area contributed by atoms with E-state index in [4.69, 9.17) is 9.47 Å². The van der Waals surface area contributed by atoms with Gasteiger partial charge in [0, 0.05) is 28.4 Å². The maximum atomic E-state index is 14.0. The third-order valence-corrected chi connectivity index (χ3v) is 6.94. The SMILES string of the molecule is CCOC(=O)/C(C#N)=C\c1ccc(NP2(=O)C=C(c3ccccc3)OC(c3ccccc3)=C2)cc1. The van der Waals surface area contributed by atoms with E-state index in [9.17, 15) is 14.6 Å². The molecular formula is C28H23N2O4P. The minimum absolute atomic E-state index is 0.0874. The molecule has 0 saturated carbocycles. The molecule has 0 atom stereocenters. The number of nitriles is 1. The fourth-order valence-corrected chi connectivity index (χ4v) is 5.32. The summed E-state index contributed by atoms with van der Waals surface area (Å²) in [6.45, 7) is 1.87. The summed E-state index contributed by atoms with van der Waals surface area (Å²) in [4.78, 5) is 11.9. The van der Waals surface area contributed by atoms with Crippen LogP contribution in [0.2, 0.25) is 0 Å². The van der Waals surface area contributed by atoms with Gasteiger partial charge in [-0.2, -0.15) is 5.26 Å².